The number of primary sulfonamides is 1. The van der Waals surface area contributed by atoms with Gasteiger partial charge in [0.25, 0.3) is 0 Å². The first-order valence-corrected chi connectivity index (χ1v) is 8.62. The van der Waals surface area contributed by atoms with E-state index in [0.717, 1.165) is 10.2 Å². The summed E-state index contributed by atoms with van der Waals surface area (Å²) in [6.45, 7) is 0. The molecule has 3 aromatic rings. The molecule has 0 fully saturated rings. The number of sulfonamides is 1. The van der Waals surface area contributed by atoms with Gasteiger partial charge in [-0.2, -0.15) is 0 Å². The molecule has 0 spiro atoms. The third kappa shape index (κ3) is 3.16. The summed E-state index contributed by atoms with van der Waals surface area (Å²) in [5.74, 6) is 0. The Morgan fingerprint density at radius 1 is 1.19 bits per heavy atom. The molecule has 0 unspecified atom stereocenters. The highest BCUT2D eigenvalue weighted by molar-refractivity contribution is 7.89. The second-order valence-corrected chi connectivity index (χ2v) is 7.36. The molecule has 0 aliphatic rings. The Kier molecular flexibility index (Phi) is 3.58. The normalized spacial score (nSPS) is 11.7. The number of nitrogens with zero attached hydrogens (tertiary/aromatic N) is 1. The third-order valence-electron chi connectivity index (χ3n) is 2.76. The van der Waals surface area contributed by atoms with E-state index in [9.17, 15) is 8.42 Å². The van der Waals surface area contributed by atoms with Gasteiger partial charge in [-0.1, -0.05) is 29.0 Å². The molecule has 0 bridgehead atoms. The molecule has 0 aliphatic carbocycles. The largest absolute Gasteiger partial charge is 0.331 e. The van der Waals surface area contributed by atoms with Gasteiger partial charge in [0.1, 0.15) is 0 Å². The quantitative estimate of drug-likeness (QED) is 0.766. The summed E-state index contributed by atoms with van der Waals surface area (Å²) in [4.78, 5) is 4.46. The van der Waals surface area contributed by atoms with Crippen molar-refractivity contribution in [3.63, 3.8) is 0 Å². The first kappa shape index (κ1) is 14.3. The van der Waals surface area contributed by atoms with Crippen LogP contribution in [0.15, 0.2) is 47.4 Å². The summed E-state index contributed by atoms with van der Waals surface area (Å²) in [5.41, 5.74) is 1.39. The fraction of sp³-hybridized carbons (Fsp3) is 0. The molecular formula is C13H10ClN3O2S2. The van der Waals surface area contributed by atoms with Crippen LogP contribution in [0.2, 0.25) is 5.02 Å². The Bertz CT molecular complexity index is 922. The van der Waals surface area contributed by atoms with Crippen molar-refractivity contribution in [2.24, 2.45) is 5.14 Å². The summed E-state index contributed by atoms with van der Waals surface area (Å²) in [6, 6.07) is 11.7. The summed E-state index contributed by atoms with van der Waals surface area (Å²) < 4.78 is 23.7. The van der Waals surface area contributed by atoms with Gasteiger partial charge in [0.05, 0.1) is 15.1 Å². The van der Waals surface area contributed by atoms with Crippen molar-refractivity contribution >= 4 is 54.0 Å². The molecule has 1 aromatic heterocycles. The number of anilines is 2. The zero-order valence-corrected chi connectivity index (χ0v) is 13.0. The fourth-order valence-corrected chi connectivity index (χ4v) is 3.42. The number of halogens is 1. The molecule has 1 heterocycles. The molecule has 0 radical (unpaired) electrons. The molecule has 2 aromatic carbocycles. The van der Waals surface area contributed by atoms with E-state index in [1.165, 1.54) is 23.5 Å². The van der Waals surface area contributed by atoms with Crippen LogP contribution in [0.4, 0.5) is 10.8 Å². The summed E-state index contributed by atoms with van der Waals surface area (Å²) in [7, 11) is -3.72. The second kappa shape index (κ2) is 5.27. The van der Waals surface area contributed by atoms with Gasteiger partial charge in [0, 0.05) is 10.7 Å². The van der Waals surface area contributed by atoms with Crippen LogP contribution in [0.25, 0.3) is 10.2 Å². The number of thiazole rings is 1. The van der Waals surface area contributed by atoms with Gasteiger partial charge in [-0.3, -0.25) is 0 Å². The Labute approximate surface area is 130 Å². The summed E-state index contributed by atoms with van der Waals surface area (Å²) in [5, 5.41) is 9.46. The first-order valence-electron chi connectivity index (χ1n) is 5.88. The maximum Gasteiger partial charge on any atom is 0.238 e. The Hall–Kier alpha value is -1.67. The van der Waals surface area contributed by atoms with Gasteiger partial charge in [-0.15, -0.1) is 0 Å². The van der Waals surface area contributed by atoms with Crippen molar-refractivity contribution in [3.05, 3.63) is 47.5 Å². The predicted octanol–water partition coefficient (Wildman–Crippen LogP) is 3.34. The van der Waals surface area contributed by atoms with Crippen LogP contribution in [-0.2, 0) is 10.0 Å². The topological polar surface area (TPSA) is 85.1 Å². The van der Waals surface area contributed by atoms with E-state index in [0.29, 0.717) is 15.8 Å². The lowest BCUT2D eigenvalue weighted by Gasteiger charge is -2.04. The molecule has 108 valence electrons. The molecular weight excluding hydrogens is 330 g/mol. The van der Waals surface area contributed by atoms with Crippen molar-refractivity contribution in [2.45, 2.75) is 4.90 Å². The molecule has 5 nitrogen and oxygen atoms in total. The highest BCUT2D eigenvalue weighted by atomic mass is 35.5. The Morgan fingerprint density at radius 3 is 2.76 bits per heavy atom. The number of hydrogen-bond acceptors (Lipinski definition) is 5. The number of benzene rings is 2. The maximum absolute atomic E-state index is 11.3. The maximum atomic E-state index is 11.3. The van der Waals surface area contributed by atoms with E-state index in [-0.39, 0.29) is 4.90 Å². The Balaban J connectivity index is 1.95. The van der Waals surface area contributed by atoms with E-state index in [1.54, 1.807) is 24.3 Å². The average molecular weight is 340 g/mol. The molecule has 8 heteroatoms. The van der Waals surface area contributed by atoms with E-state index in [2.05, 4.69) is 10.3 Å². The van der Waals surface area contributed by atoms with Crippen molar-refractivity contribution in [2.75, 3.05) is 5.32 Å². The van der Waals surface area contributed by atoms with Crippen LogP contribution in [0.1, 0.15) is 0 Å². The molecule has 0 saturated heterocycles. The van der Waals surface area contributed by atoms with Crippen LogP contribution in [0.3, 0.4) is 0 Å². The number of nitrogens with two attached hydrogens (primary N) is 1. The number of fused-ring (bicyclic) bond motifs is 1. The van der Waals surface area contributed by atoms with E-state index < -0.39 is 10.0 Å². The molecule has 0 saturated carbocycles. The van der Waals surface area contributed by atoms with E-state index in [4.69, 9.17) is 16.7 Å². The minimum atomic E-state index is -3.72. The minimum absolute atomic E-state index is 0.0525. The van der Waals surface area contributed by atoms with Crippen molar-refractivity contribution < 1.29 is 8.42 Å². The van der Waals surface area contributed by atoms with Gasteiger partial charge in [0.2, 0.25) is 10.0 Å². The van der Waals surface area contributed by atoms with Crippen molar-refractivity contribution in [1.29, 1.82) is 0 Å². The highest BCUT2D eigenvalue weighted by Crippen LogP contribution is 2.30. The van der Waals surface area contributed by atoms with E-state index >= 15 is 0 Å². The van der Waals surface area contributed by atoms with Crippen molar-refractivity contribution in [3.8, 4) is 0 Å². The summed E-state index contributed by atoms with van der Waals surface area (Å²) >= 11 is 7.38. The molecule has 0 aliphatic heterocycles. The number of aromatic nitrogens is 1. The lowest BCUT2D eigenvalue weighted by molar-refractivity contribution is 0.598. The molecule has 0 amide bonds. The SMILES string of the molecule is NS(=O)(=O)c1cccc(Nc2nc3cc(Cl)ccc3s2)c1. The van der Waals surface area contributed by atoms with Gasteiger partial charge < -0.3 is 5.32 Å². The number of nitrogens with one attached hydrogen (secondary N) is 1. The van der Waals surface area contributed by atoms with Crippen LogP contribution in [0.5, 0.6) is 0 Å². The van der Waals surface area contributed by atoms with Crippen LogP contribution in [0, 0.1) is 0 Å². The zero-order valence-electron chi connectivity index (χ0n) is 10.6. The number of rotatable bonds is 3. The van der Waals surface area contributed by atoms with Gasteiger partial charge in [-0.25, -0.2) is 18.5 Å². The monoisotopic (exact) mass is 339 g/mol. The Morgan fingerprint density at radius 2 is 2.00 bits per heavy atom. The standard InChI is InChI=1S/C13H10ClN3O2S2/c14-8-4-5-12-11(6-8)17-13(20-12)16-9-2-1-3-10(7-9)21(15,18)19/h1-7H,(H,16,17)(H2,15,18,19). The summed E-state index contributed by atoms with van der Waals surface area (Å²) in [6.07, 6.45) is 0. The fourth-order valence-electron chi connectivity index (χ4n) is 1.83. The minimum Gasteiger partial charge on any atom is -0.331 e. The number of hydrogen-bond donors (Lipinski definition) is 2. The first-order chi connectivity index (χ1) is 9.91. The van der Waals surface area contributed by atoms with Crippen LogP contribution < -0.4 is 10.5 Å². The third-order valence-corrected chi connectivity index (χ3v) is 4.86. The average Bonchev–Trinajstić information content (AvgIpc) is 2.79. The lowest BCUT2D eigenvalue weighted by Crippen LogP contribution is -2.12. The zero-order chi connectivity index (χ0) is 15.0. The molecule has 3 N–H and O–H groups in total. The van der Waals surface area contributed by atoms with Gasteiger partial charge in [-0.05, 0) is 36.4 Å². The molecule has 0 atom stereocenters. The highest BCUT2D eigenvalue weighted by Gasteiger charge is 2.09. The van der Waals surface area contributed by atoms with E-state index in [1.807, 2.05) is 6.07 Å². The lowest BCUT2D eigenvalue weighted by atomic mass is 10.3. The van der Waals surface area contributed by atoms with Crippen molar-refractivity contribution in [1.82, 2.24) is 4.98 Å². The smallest absolute Gasteiger partial charge is 0.238 e. The van der Waals surface area contributed by atoms with Gasteiger partial charge >= 0.3 is 0 Å². The van der Waals surface area contributed by atoms with Gasteiger partial charge in [0.15, 0.2) is 5.13 Å². The van der Waals surface area contributed by atoms with Crippen LogP contribution >= 0.6 is 22.9 Å². The van der Waals surface area contributed by atoms with Crippen LogP contribution in [-0.4, -0.2) is 13.4 Å². The molecule has 3 rings (SSSR count). The molecule has 21 heavy (non-hydrogen) atoms. The second-order valence-electron chi connectivity index (χ2n) is 4.33. The predicted molar refractivity (Wildman–Crippen MR) is 85.7 cm³/mol.